The van der Waals surface area contributed by atoms with E-state index in [1.54, 1.807) is 13.3 Å². The van der Waals surface area contributed by atoms with Crippen molar-refractivity contribution in [2.75, 3.05) is 14.1 Å². The molecule has 30 heavy (non-hydrogen) atoms. The van der Waals surface area contributed by atoms with E-state index in [0.29, 0.717) is 24.9 Å². The van der Waals surface area contributed by atoms with Crippen molar-refractivity contribution in [3.8, 4) is 11.5 Å². The second-order valence-corrected chi connectivity index (χ2v) is 8.50. The second kappa shape index (κ2) is 10.0. The van der Waals surface area contributed by atoms with Crippen molar-refractivity contribution in [2.24, 2.45) is 4.99 Å². The average molecular weight is 428 g/mol. The van der Waals surface area contributed by atoms with E-state index in [0.717, 1.165) is 22.4 Å². The molecule has 0 radical (unpaired) electrons. The first-order chi connectivity index (χ1) is 14.5. The first-order valence-corrected chi connectivity index (χ1v) is 11.1. The fraction of sp³-hybridized carbons (Fsp3) is 0.238. The summed E-state index contributed by atoms with van der Waals surface area (Å²) in [6.07, 6.45) is 1.63. The lowest BCUT2D eigenvalue weighted by atomic mass is 10.1. The van der Waals surface area contributed by atoms with E-state index in [-0.39, 0.29) is 5.75 Å². The third kappa shape index (κ3) is 6.16. The van der Waals surface area contributed by atoms with Crippen molar-refractivity contribution < 1.29 is 12.8 Å². The summed E-state index contributed by atoms with van der Waals surface area (Å²) in [5.74, 6) is 1.17. The van der Waals surface area contributed by atoms with Gasteiger partial charge < -0.3 is 15.1 Å². The van der Waals surface area contributed by atoms with E-state index in [2.05, 4.69) is 25.3 Å². The number of benzene rings is 2. The first kappa shape index (κ1) is 21.5. The molecule has 0 unspecified atom stereocenters. The fourth-order valence-corrected chi connectivity index (χ4v) is 3.50. The molecule has 1 heterocycles. The highest BCUT2D eigenvalue weighted by molar-refractivity contribution is 7.88. The van der Waals surface area contributed by atoms with Gasteiger partial charge in [-0.3, -0.25) is 4.99 Å². The SMILES string of the molecule is CN=C(NCc1ccc(CS(=O)(=O)NC)cc1)NCc1coc(-c2ccccc2)n1. The number of rotatable bonds is 8. The lowest BCUT2D eigenvalue weighted by Crippen LogP contribution is -2.36. The summed E-state index contributed by atoms with van der Waals surface area (Å²) in [7, 11) is -0.169. The molecule has 8 nitrogen and oxygen atoms in total. The topological polar surface area (TPSA) is 109 Å². The molecule has 0 aliphatic heterocycles. The van der Waals surface area contributed by atoms with E-state index in [1.165, 1.54) is 7.05 Å². The van der Waals surface area contributed by atoms with E-state index in [4.69, 9.17) is 4.42 Å². The van der Waals surface area contributed by atoms with Crippen LogP contribution in [-0.4, -0.2) is 33.5 Å². The van der Waals surface area contributed by atoms with Gasteiger partial charge in [0.05, 0.1) is 18.0 Å². The van der Waals surface area contributed by atoms with Gasteiger partial charge in [-0.25, -0.2) is 18.1 Å². The number of hydrogen-bond acceptors (Lipinski definition) is 5. The van der Waals surface area contributed by atoms with Crippen LogP contribution in [0.25, 0.3) is 11.5 Å². The molecular formula is C21H25N5O3S. The molecule has 0 fully saturated rings. The highest BCUT2D eigenvalue weighted by Crippen LogP contribution is 2.17. The summed E-state index contributed by atoms with van der Waals surface area (Å²) in [6, 6.07) is 17.1. The molecule has 3 N–H and O–H groups in total. The van der Waals surface area contributed by atoms with Crippen LogP contribution < -0.4 is 15.4 Å². The monoisotopic (exact) mass is 427 g/mol. The summed E-state index contributed by atoms with van der Waals surface area (Å²) < 4.78 is 31.1. The van der Waals surface area contributed by atoms with Crippen molar-refractivity contribution in [1.29, 1.82) is 0 Å². The molecule has 0 aliphatic carbocycles. The van der Waals surface area contributed by atoms with Crippen LogP contribution in [0.5, 0.6) is 0 Å². The van der Waals surface area contributed by atoms with Gasteiger partial charge in [0, 0.05) is 19.2 Å². The molecule has 0 spiro atoms. The summed E-state index contributed by atoms with van der Waals surface area (Å²) in [6.45, 7) is 1.02. The maximum absolute atomic E-state index is 11.6. The molecule has 0 saturated heterocycles. The number of oxazole rings is 1. The normalized spacial score (nSPS) is 12.0. The minimum absolute atomic E-state index is 0.0386. The fourth-order valence-electron chi connectivity index (χ4n) is 2.73. The summed E-state index contributed by atoms with van der Waals surface area (Å²) in [4.78, 5) is 8.69. The molecule has 0 amide bonds. The Morgan fingerprint density at radius 3 is 2.33 bits per heavy atom. The number of aliphatic imine (C=N–C) groups is 1. The Kier molecular flexibility index (Phi) is 7.21. The van der Waals surface area contributed by atoms with Crippen molar-refractivity contribution in [3.05, 3.63) is 77.7 Å². The molecule has 3 rings (SSSR count). The minimum Gasteiger partial charge on any atom is -0.444 e. The van der Waals surface area contributed by atoms with Gasteiger partial charge in [0.15, 0.2) is 5.96 Å². The third-order valence-corrected chi connectivity index (χ3v) is 5.72. The Labute approximate surface area is 176 Å². The van der Waals surface area contributed by atoms with E-state index < -0.39 is 10.0 Å². The number of nitrogens with one attached hydrogen (secondary N) is 3. The van der Waals surface area contributed by atoms with Gasteiger partial charge in [0.25, 0.3) is 0 Å². The molecule has 158 valence electrons. The average Bonchev–Trinajstić information content (AvgIpc) is 3.24. The number of nitrogens with zero attached hydrogens (tertiary/aromatic N) is 2. The maximum atomic E-state index is 11.6. The van der Waals surface area contributed by atoms with Crippen LogP contribution in [0.15, 0.2) is 70.3 Å². The van der Waals surface area contributed by atoms with Crippen LogP contribution >= 0.6 is 0 Å². The smallest absolute Gasteiger partial charge is 0.226 e. The van der Waals surface area contributed by atoms with Crippen LogP contribution in [0.4, 0.5) is 0 Å². The molecular weight excluding hydrogens is 402 g/mol. The minimum atomic E-state index is -3.27. The van der Waals surface area contributed by atoms with Gasteiger partial charge in [-0.2, -0.15) is 0 Å². The van der Waals surface area contributed by atoms with Crippen LogP contribution in [-0.2, 0) is 28.9 Å². The third-order valence-electron chi connectivity index (χ3n) is 4.38. The number of hydrogen-bond donors (Lipinski definition) is 3. The Balaban J connectivity index is 1.50. The highest BCUT2D eigenvalue weighted by Gasteiger charge is 2.09. The van der Waals surface area contributed by atoms with Gasteiger partial charge in [-0.1, -0.05) is 42.5 Å². The number of guanidine groups is 1. The molecule has 0 saturated carbocycles. The zero-order valence-corrected chi connectivity index (χ0v) is 17.7. The van der Waals surface area contributed by atoms with Gasteiger partial charge in [-0.15, -0.1) is 0 Å². The standard InChI is InChI=1S/C21H25N5O3S/c1-22-21(24-12-16-8-10-17(11-9-16)15-30(27,28)23-2)25-13-19-14-29-20(26-19)18-6-4-3-5-7-18/h3-11,14,23H,12-13,15H2,1-2H3,(H2,22,24,25). The maximum Gasteiger partial charge on any atom is 0.226 e. The lowest BCUT2D eigenvalue weighted by molar-refractivity contribution is 0.572. The molecule has 9 heteroatoms. The summed E-state index contributed by atoms with van der Waals surface area (Å²) >= 11 is 0. The predicted octanol–water partition coefficient (Wildman–Crippen LogP) is 2.26. The van der Waals surface area contributed by atoms with Crippen LogP contribution in [0, 0.1) is 0 Å². The van der Waals surface area contributed by atoms with Crippen molar-refractivity contribution >= 4 is 16.0 Å². The van der Waals surface area contributed by atoms with Gasteiger partial charge in [0.2, 0.25) is 15.9 Å². The Morgan fingerprint density at radius 2 is 1.67 bits per heavy atom. The first-order valence-electron chi connectivity index (χ1n) is 9.42. The molecule has 2 aromatic carbocycles. The molecule has 0 aliphatic rings. The van der Waals surface area contributed by atoms with Crippen molar-refractivity contribution in [1.82, 2.24) is 20.3 Å². The lowest BCUT2D eigenvalue weighted by Gasteiger charge is -2.11. The van der Waals surface area contributed by atoms with Gasteiger partial charge >= 0.3 is 0 Å². The highest BCUT2D eigenvalue weighted by atomic mass is 32.2. The van der Waals surface area contributed by atoms with Gasteiger partial charge in [-0.05, 0) is 30.3 Å². The quantitative estimate of drug-likeness (QED) is 0.376. The largest absolute Gasteiger partial charge is 0.444 e. The van der Waals surface area contributed by atoms with E-state index >= 15 is 0 Å². The Morgan fingerprint density at radius 1 is 1.00 bits per heavy atom. The van der Waals surface area contributed by atoms with E-state index in [1.807, 2.05) is 54.6 Å². The van der Waals surface area contributed by atoms with Gasteiger partial charge in [0.1, 0.15) is 6.26 Å². The molecule has 0 bridgehead atoms. The van der Waals surface area contributed by atoms with Crippen LogP contribution in [0.1, 0.15) is 16.8 Å². The van der Waals surface area contributed by atoms with Crippen molar-refractivity contribution in [3.63, 3.8) is 0 Å². The number of aromatic nitrogens is 1. The number of sulfonamides is 1. The van der Waals surface area contributed by atoms with Crippen LogP contribution in [0.3, 0.4) is 0 Å². The Bertz CT molecular complexity index is 1080. The van der Waals surface area contributed by atoms with E-state index in [9.17, 15) is 8.42 Å². The molecule has 1 aromatic heterocycles. The second-order valence-electron chi connectivity index (χ2n) is 6.57. The zero-order chi connectivity index (χ0) is 21.4. The molecule has 3 aromatic rings. The summed E-state index contributed by atoms with van der Waals surface area (Å²) in [5.41, 5.74) is 3.44. The Hall–Kier alpha value is -3.17. The predicted molar refractivity (Wildman–Crippen MR) is 117 cm³/mol. The summed E-state index contributed by atoms with van der Waals surface area (Å²) in [5, 5.41) is 6.42. The van der Waals surface area contributed by atoms with Crippen molar-refractivity contribution in [2.45, 2.75) is 18.8 Å². The molecule has 0 atom stereocenters. The van der Waals surface area contributed by atoms with Crippen LogP contribution in [0.2, 0.25) is 0 Å². The zero-order valence-electron chi connectivity index (χ0n) is 16.9.